The van der Waals surface area contributed by atoms with Crippen LogP contribution >= 0.6 is 0 Å². The maximum Gasteiger partial charge on any atom is 0.303 e. The molecule has 5 saturated carbocycles. The van der Waals surface area contributed by atoms with Crippen LogP contribution in [0.25, 0.3) is 0 Å². The summed E-state index contributed by atoms with van der Waals surface area (Å²) >= 11 is 0. The van der Waals surface area contributed by atoms with E-state index in [-0.39, 0.29) is 47.7 Å². The topological polar surface area (TPSA) is 186 Å². The number of ether oxygens (including phenoxy) is 3. The van der Waals surface area contributed by atoms with Crippen molar-refractivity contribution in [2.24, 2.45) is 44.8 Å². The van der Waals surface area contributed by atoms with Crippen molar-refractivity contribution in [2.75, 3.05) is 6.61 Å². The van der Waals surface area contributed by atoms with Gasteiger partial charge < -0.3 is 50.0 Å². The highest BCUT2D eigenvalue weighted by atomic mass is 16.7. The first-order valence-corrected chi connectivity index (χ1v) is 18.3. The molecule has 1 heterocycles. The third-order valence-corrected chi connectivity index (χ3v) is 15.6. The number of esters is 1. The molecule has 11 nitrogen and oxygen atoms in total. The lowest BCUT2D eigenvalue weighted by molar-refractivity contribution is -0.303. The Hall–Kier alpha value is -0.890. The van der Waals surface area contributed by atoms with Crippen molar-refractivity contribution in [2.45, 2.75) is 173 Å². The second kappa shape index (κ2) is 11.6. The molecule has 0 aromatic carbocycles. The van der Waals surface area contributed by atoms with Crippen LogP contribution in [0.2, 0.25) is 0 Å². The Morgan fingerprint density at radius 3 is 2.15 bits per heavy atom. The first-order chi connectivity index (χ1) is 22.0. The average Bonchev–Trinajstić information content (AvgIpc) is 3.61. The number of hydrogen-bond donors (Lipinski definition) is 7. The van der Waals surface area contributed by atoms with Crippen LogP contribution in [0.5, 0.6) is 0 Å². The van der Waals surface area contributed by atoms with Gasteiger partial charge in [-0.3, -0.25) is 4.79 Å². The van der Waals surface area contributed by atoms with Gasteiger partial charge in [0.15, 0.2) is 6.29 Å². The zero-order valence-electron chi connectivity index (χ0n) is 30.2. The lowest BCUT2D eigenvalue weighted by atomic mass is 9.41. The van der Waals surface area contributed by atoms with Gasteiger partial charge in [-0.25, -0.2) is 0 Å². The van der Waals surface area contributed by atoms with E-state index in [4.69, 9.17) is 14.2 Å². The Labute approximate surface area is 285 Å². The minimum Gasteiger partial charge on any atom is -0.459 e. The Morgan fingerprint density at radius 1 is 0.896 bits per heavy atom. The number of fused-ring (bicyclic) bond motifs is 2. The molecule has 0 aromatic rings. The molecule has 0 bridgehead atoms. The average molecular weight is 683 g/mol. The molecular formula is C37H62O11. The summed E-state index contributed by atoms with van der Waals surface area (Å²) in [6.45, 7) is 14.9. The molecule has 0 aromatic heterocycles. The molecule has 5 aliphatic carbocycles. The van der Waals surface area contributed by atoms with Gasteiger partial charge in [-0.05, 0) is 112 Å². The summed E-state index contributed by atoms with van der Waals surface area (Å²) in [5.41, 5.74) is -4.15. The van der Waals surface area contributed by atoms with Gasteiger partial charge in [0, 0.05) is 18.3 Å². The van der Waals surface area contributed by atoms with Crippen LogP contribution in [0.3, 0.4) is 0 Å². The number of hydrogen-bond acceptors (Lipinski definition) is 11. The number of aliphatic hydroxyl groups is 7. The number of aliphatic hydroxyl groups excluding tert-OH is 5. The van der Waals surface area contributed by atoms with Crippen LogP contribution in [0, 0.1) is 44.8 Å². The highest BCUT2D eigenvalue weighted by Crippen LogP contribution is 2.89. The van der Waals surface area contributed by atoms with Crippen molar-refractivity contribution in [3.63, 3.8) is 0 Å². The maximum atomic E-state index is 12.6. The van der Waals surface area contributed by atoms with Crippen LogP contribution in [-0.2, 0) is 19.0 Å². The highest BCUT2D eigenvalue weighted by molar-refractivity contribution is 5.66. The monoisotopic (exact) mass is 682 g/mol. The fraction of sp³-hybridized carbons (Fsp3) is 0.973. The van der Waals surface area contributed by atoms with Gasteiger partial charge in [-0.15, -0.1) is 0 Å². The summed E-state index contributed by atoms with van der Waals surface area (Å²) in [6, 6.07) is 0. The van der Waals surface area contributed by atoms with Gasteiger partial charge in [0.1, 0.15) is 24.4 Å². The molecule has 3 unspecified atom stereocenters. The first-order valence-electron chi connectivity index (χ1n) is 18.3. The van der Waals surface area contributed by atoms with Gasteiger partial charge >= 0.3 is 5.97 Å². The summed E-state index contributed by atoms with van der Waals surface area (Å²) in [7, 11) is 0. The molecule has 0 amide bonds. The van der Waals surface area contributed by atoms with Crippen molar-refractivity contribution in [3.8, 4) is 0 Å². The van der Waals surface area contributed by atoms with E-state index in [1.807, 2.05) is 0 Å². The molecule has 276 valence electrons. The second-order valence-corrected chi connectivity index (χ2v) is 18.7. The van der Waals surface area contributed by atoms with E-state index in [2.05, 4.69) is 27.7 Å². The molecule has 2 spiro atoms. The van der Waals surface area contributed by atoms with Crippen molar-refractivity contribution >= 4 is 5.97 Å². The summed E-state index contributed by atoms with van der Waals surface area (Å²) in [5.74, 6) is -0.600. The van der Waals surface area contributed by atoms with Gasteiger partial charge in [-0.1, -0.05) is 27.7 Å². The van der Waals surface area contributed by atoms with Crippen molar-refractivity contribution in [1.82, 2.24) is 0 Å². The molecule has 0 radical (unpaired) electrons. The first kappa shape index (κ1) is 36.9. The zero-order chi connectivity index (χ0) is 35.6. The van der Waals surface area contributed by atoms with Gasteiger partial charge in [-0.2, -0.15) is 0 Å². The summed E-state index contributed by atoms with van der Waals surface area (Å²) in [4.78, 5) is 12.6. The van der Waals surface area contributed by atoms with E-state index in [1.165, 1.54) is 20.8 Å². The highest BCUT2D eigenvalue weighted by Gasteiger charge is 2.85. The molecule has 1 aliphatic heterocycles. The largest absolute Gasteiger partial charge is 0.459 e. The number of carbonyl (C=O) groups excluding carboxylic acids is 1. The van der Waals surface area contributed by atoms with E-state index >= 15 is 0 Å². The molecule has 6 rings (SSSR count). The fourth-order valence-electron chi connectivity index (χ4n) is 13.0. The minimum atomic E-state index is -1.40. The van der Waals surface area contributed by atoms with Gasteiger partial charge in [0.25, 0.3) is 0 Å². The summed E-state index contributed by atoms with van der Waals surface area (Å²) < 4.78 is 18.2. The smallest absolute Gasteiger partial charge is 0.303 e. The Bertz CT molecular complexity index is 1250. The van der Waals surface area contributed by atoms with E-state index in [1.54, 1.807) is 6.92 Å². The van der Waals surface area contributed by atoms with Crippen LogP contribution in [0.15, 0.2) is 0 Å². The Kier molecular flexibility index (Phi) is 8.88. The summed E-state index contributed by atoms with van der Waals surface area (Å²) in [6.07, 6.45) is -1.45. The second-order valence-electron chi connectivity index (χ2n) is 18.7. The van der Waals surface area contributed by atoms with E-state index in [0.717, 1.165) is 44.9 Å². The molecule has 7 N–H and O–H groups in total. The maximum absolute atomic E-state index is 12.6. The van der Waals surface area contributed by atoms with Crippen molar-refractivity contribution in [1.29, 1.82) is 0 Å². The van der Waals surface area contributed by atoms with Crippen LogP contribution in [0.4, 0.5) is 0 Å². The molecule has 48 heavy (non-hydrogen) atoms. The number of rotatable bonds is 8. The normalized spacial score (nSPS) is 51.4. The van der Waals surface area contributed by atoms with Crippen LogP contribution < -0.4 is 0 Å². The van der Waals surface area contributed by atoms with Crippen LogP contribution in [0.1, 0.15) is 113 Å². The lowest BCUT2D eigenvalue weighted by Crippen LogP contribution is -2.62. The predicted octanol–water partition coefficient (Wildman–Crippen LogP) is 2.43. The van der Waals surface area contributed by atoms with Crippen molar-refractivity contribution < 1.29 is 54.8 Å². The van der Waals surface area contributed by atoms with E-state index in [9.17, 15) is 40.5 Å². The molecule has 6 fully saturated rings. The minimum absolute atomic E-state index is 0.0104. The molecular weight excluding hydrogens is 620 g/mol. The number of carbonyl (C=O) groups is 1. The fourth-order valence-corrected chi connectivity index (χ4v) is 13.0. The molecule has 6 aliphatic rings. The quantitative estimate of drug-likeness (QED) is 0.147. The SMILES string of the molecule is CC(=O)O[C@H]1[C@H](O)C([C@@](C)(O)CC[C@@H](O)C(C)(C)O)[C@@]2(C)CC[C@@]34C[C@@]35CC[C@H](O[C@@H]3OC[C@@H](O)[C@@H](O)[C@H]3O)C(C)(C)C5CCC4[C@]12C. The third kappa shape index (κ3) is 5.03. The van der Waals surface area contributed by atoms with E-state index < -0.39 is 76.8 Å². The van der Waals surface area contributed by atoms with Gasteiger partial charge in [0.05, 0.1) is 36.1 Å². The zero-order valence-corrected chi connectivity index (χ0v) is 30.2. The van der Waals surface area contributed by atoms with Gasteiger partial charge in [0.2, 0.25) is 0 Å². The van der Waals surface area contributed by atoms with Crippen LogP contribution in [-0.4, -0.2) is 109 Å². The van der Waals surface area contributed by atoms with Crippen molar-refractivity contribution in [3.05, 3.63) is 0 Å². The van der Waals surface area contributed by atoms with E-state index in [0.29, 0.717) is 5.92 Å². The molecule has 1 saturated heterocycles. The standard InChI is InChI=1S/C37H62O11/c1-19(38)47-29-27(43)28(34(7,45)13-11-23(40)32(4,5)44)33(6)15-16-37-18-36(37)14-12-24(48-30-26(42)25(41)20(39)17-46-30)31(2,3)21(36)9-10-22(37)35(29,33)8/h20-30,39-45H,9-18H2,1-8H3/t20-,21?,22?,23-,24+,25-,26-,27-,28?,29+,30+,33-,34+,35-,36-,37+/m1/s1. The molecule has 16 atom stereocenters. The predicted molar refractivity (Wildman–Crippen MR) is 174 cm³/mol. The Morgan fingerprint density at radius 2 is 1.52 bits per heavy atom. The molecule has 11 heteroatoms. The Balaban J connectivity index is 1.29. The third-order valence-electron chi connectivity index (χ3n) is 15.6. The lowest BCUT2D eigenvalue weighted by Gasteiger charge is -2.64. The summed E-state index contributed by atoms with van der Waals surface area (Å²) in [5, 5.41) is 76.1.